The molecule has 0 spiro atoms. The van der Waals surface area contributed by atoms with Gasteiger partial charge in [-0.05, 0) is 59.0 Å². The van der Waals surface area contributed by atoms with E-state index in [1.54, 1.807) is 31.4 Å². The zero-order chi connectivity index (χ0) is 24.4. The highest BCUT2D eigenvalue weighted by molar-refractivity contribution is 5.90. The Morgan fingerprint density at radius 2 is 1.62 bits per heavy atom. The lowest BCUT2D eigenvalue weighted by Gasteiger charge is -2.19. The second-order valence-electron chi connectivity index (χ2n) is 8.57. The average molecular weight is 462 g/mol. The number of anilines is 1. The molecule has 7 nitrogen and oxygen atoms in total. The van der Waals surface area contributed by atoms with Crippen molar-refractivity contribution in [3.8, 4) is 17.2 Å². The predicted molar refractivity (Wildman–Crippen MR) is 135 cm³/mol. The van der Waals surface area contributed by atoms with Crippen molar-refractivity contribution in [2.75, 3.05) is 25.6 Å². The van der Waals surface area contributed by atoms with Crippen LogP contribution in [0, 0.1) is 0 Å². The summed E-state index contributed by atoms with van der Waals surface area (Å²) in [4.78, 5) is 11.9. The van der Waals surface area contributed by atoms with Crippen molar-refractivity contribution in [2.45, 2.75) is 26.2 Å². The summed E-state index contributed by atoms with van der Waals surface area (Å²) in [5, 5.41) is 6.66. The van der Waals surface area contributed by atoms with Gasteiger partial charge in [0.1, 0.15) is 19.0 Å². The molecule has 0 heterocycles. The lowest BCUT2D eigenvalue weighted by molar-refractivity contribution is 0.211. The van der Waals surface area contributed by atoms with E-state index in [2.05, 4.69) is 48.7 Å². The van der Waals surface area contributed by atoms with Gasteiger partial charge in [0.25, 0.3) is 0 Å². The van der Waals surface area contributed by atoms with Crippen molar-refractivity contribution in [2.24, 2.45) is 5.10 Å². The third-order valence-corrected chi connectivity index (χ3v) is 4.93. The lowest BCUT2D eigenvalue weighted by Crippen LogP contribution is -2.24. The summed E-state index contributed by atoms with van der Waals surface area (Å²) in [6, 6.07) is 22.2. The van der Waals surface area contributed by atoms with Gasteiger partial charge in [-0.2, -0.15) is 5.10 Å². The SMILES string of the molecule is COc1cc(C=NNC(=O)Nc2ccccc2)ccc1OCCOc1ccc(C(C)(C)C)cc1. The Balaban J connectivity index is 1.46. The molecule has 2 N–H and O–H groups in total. The topological polar surface area (TPSA) is 81.2 Å². The van der Waals surface area contributed by atoms with Crippen LogP contribution < -0.4 is 25.0 Å². The van der Waals surface area contributed by atoms with Crippen molar-refractivity contribution in [3.05, 3.63) is 83.9 Å². The van der Waals surface area contributed by atoms with Crippen LogP contribution in [0.5, 0.6) is 17.2 Å². The molecule has 0 aliphatic rings. The molecule has 0 bridgehead atoms. The van der Waals surface area contributed by atoms with Crippen LogP contribution in [0.3, 0.4) is 0 Å². The fourth-order valence-corrected chi connectivity index (χ4v) is 3.09. The molecule has 0 unspecified atom stereocenters. The smallest absolute Gasteiger partial charge is 0.339 e. The van der Waals surface area contributed by atoms with E-state index in [9.17, 15) is 4.79 Å². The van der Waals surface area contributed by atoms with E-state index < -0.39 is 6.03 Å². The highest BCUT2D eigenvalue weighted by Crippen LogP contribution is 2.28. The van der Waals surface area contributed by atoms with Crippen LogP contribution in [0.2, 0.25) is 0 Å². The molecule has 0 aromatic heterocycles. The molecule has 3 rings (SSSR count). The number of methoxy groups -OCH3 is 1. The molecule has 178 valence electrons. The van der Waals surface area contributed by atoms with Crippen molar-refractivity contribution < 1.29 is 19.0 Å². The van der Waals surface area contributed by atoms with Gasteiger partial charge in [0.15, 0.2) is 11.5 Å². The van der Waals surface area contributed by atoms with Crippen molar-refractivity contribution in [3.63, 3.8) is 0 Å². The van der Waals surface area contributed by atoms with Crippen molar-refractivity contribution in [1.82, 2.24) is 5.43 Å². The molecule has 2 amide bonds. The summed E-state index contributed by atoms with van der Waals surface area (Å²) in [7, 11) is 1.57. The van der Waals surface area contributed by atoms with Crippen LogP contribution in [-0.2, 0) is 5.41 Å². The molecule has 0 fully saturated rings. The number of nitrogens with one attached hydrogen (secondary N) is 2. The first-order chi connectivity index (χ1) is 16.3. The van der Waals surface area contributed by atoms with Crippen LogP contribution in [0.1, 0.15) is 31.9 Å². The first-order valence-electron chi connectivity index (χ1n) is 11.0. The number of rotatable bonds is 9. The predicted octanol–water partition coefficient (Wildman–Crippen LogP) is 5.61. The Kier molecular flexibility index (Phi) is 8.51. The minimum atomic E-state index is -0.428. The molecular formula is C27H31N3O4. The Bertz CT molecular complexity index is 1090. The van der Waals surface area contributed by atoms with E-state index in [1.165, 1.54) is 11.8 Å². The van der Waals surface area contributed by atoms with Gasteiger partial charge < -0.3 is 19.5 Å². The first-order valence-corrected chi connectivity index (χ1v) is 11.0. The van der Waals surface area contributed by atoms with Gasteiger partial charge in [-0.3, -0.25) is 0 Å². The monoisotopic (exact) mass is 461 g/mol. The van der Waals surface area contributed by atoms with E-state index >= 15 is 0 Å². The van der Waals surface area contributed by atoms with Gasteiger partial charge in [-0.15, -0.1) is 0 Å². The maximum absolute atomic E-state index is 11.9. The number of carbonyl (C=O) groups excluding carboxylic acids is 1. The molecule has 0 atom stereocenters. The molecular weight excluding hydrogens is 430 g/mol. The van der Waals surface area contributed by atoms with E-state index in [0.717, 1.165) is 11.3 Å². The number of nitrogens with zero attached hydrogens (tertiary/aromatic N) is 1. The Morgan fingerprint density at radius 1 is 0.912 bits per heavy atom. The minimum Gasteiger partial charge on any atom is -0.493 e. The van der Waals surface area contributed by atoms with E-state index in [1.807, 2.05) is 36.4 Å². The number of amides is 2. The summed E-state index contributed by atoms with van der Waals surface area (Å²) < 4.78 is 17.0. The molecule has 3 aromatic carbocycles. The number of hydrogen-bond acceptors (Lipinski definition) is 5. The van der Waals surface area contributed by atoms with Crippen molar-refractivity contribution in [1.29, 1.82) is 0 Å². The number of para-hydroxylation sites is 1. The minimum absolute atomic E-state index is 0.111. The summed E-state index contributed by atoms with van der Waals surface area (Å²) >= 11 is 0. The summed E-state index contributed by atoms with van der Waals surface area (Å²) in [6.07, 6.45) is 1.53. The molecule has 7 heteroatoms. The van der Waals surface area contributed by atoms with Crippen LogP contribution >= 0.6 is 0 Å². The molecule has 0 saturated heterocycles. The normalized spacial score (nSPS) is 11.2. The number of carbonyl (C=O) groups is 1. The lowest BCUT2D eigenvalue weighted by atomic mass is 9.87. The first kappa shape index (κ1) is 24.6. The number of benzene rings is 3. The second-order valence-corrected chi connectivity index (χ2v) is 8.57. The largest absolute Gasteiger partial charge is 0.493 e. The van der Waals surface area contributed by atoms with Crippen LogP contribution in [0.15, 0.2) is 77.9 Å². The average Bonchev–Trinajstić information content (AvgIpc) is 2.82. The van der Waals surface area contributed by atoms with E-state index in [-0.39, 0.29) is 5.41 Å². The molecule has 0 saturated carbocycles. The fraction of sp³-hybridized carbons (Fsp3) is 0.259. The molecule has 0 radical (unpaired) electrons. The van der Waals surface area contributed by atoms with Crippen LogP contribution in [0.4, 0.5) is 10.5 Å². The highest BCUT2D eigenvalue weighted by Gasteiger charge is 2.13. The molecule has 3 aromatic rings. The van der Waals surface area contributed by atoms with Gasteiger partial charge >= 0.3 is 6.03 Å². The zero-order valence-corrected chi connectivity index (χ0v) is 20.0. The number of hydrogen-bond donors (Lipinski definition) is 2. The number of hydrazone groups is 1. The van der Waals surface area contributed by atoms with Gasteiger partial charge in [0.05, 0.1) is 13.3 Å². The number of urea groups is 1. The Morgan fingerprint density at radius 3 is 2.29 bits per heavy atom. The Hall–Kier alpha value is -4.00. The van der Waals surface area contributed by atoms with E-state index in [0.29, 0.717) is 30.4 Å². The van der Waals surface area contributed by atoms with Gasteiger partial charge in [0, 0.05) is 5.69 Å². The summed E-state index contributed by atoms with van der Waals surface area (Å²) in [5.41, 5.74) is 5.24. The third-order valence-electron chi connectivity index (χ3n) is 4.93. The number of ether oxygens (including phenoxy) is 3. The molecule has 34 heavy (non-hydrogen) atoms. The third kappa shape index (κ3) is 7.55. The molecule has 0 aliphatic carbocycles. The van der Waals surface area contributed by atoms with Gasteiger partial charge in [-0.25, -0.2) is 10.2 Å². The zero-order valence-electron chi connectivity index (χ0n) is 20.0. The fourth-order valence-electron chi connectivity index (χ4n) is 3.09. The van der Waals surface area contributed by atoms with Gasteiger partial charge in [-0.1, -0.05) is 51.1 Å². The van der Waals surface area contributed by atoms with Gasteiger partial charge in [0.2, 0.25) is 0 Å². The standard InChI is InChI=1S/C27H31N3O4/c1-27(2,3)21-11-13-23(14-12-21)33-16-17-34-24-15-10-20(18-25(24)32-4)19-28-30-26(31)29-22-8-6-5-7-9-22/h5-15,18-19H,16-17H2,1-4H3,(H2,29,30,31). The quantitative estimate of drug-likeness (QED) is 0.247. The second kappa shape index (κ2) is 11.7. The van der Waals surface area contributed by atoms with Crippen LogP contribution in [-0.4, -0.2) is 32.6 Å². The summed E-state index contributed by atoms with van der Waals surface area (Å²) in [5.74, 6) is 1.97. The summed E-state index contributed by atoms with van der Waals surface area (Å²) in [6.45, 7) is 7.31. The maximum atomic E-state index is 11.9. The van der Waals surface area contributed by atoms with E-state index in [4.69, 9.17) is 14.2 Å². The highest BCUT2D eigenvalue weighted by atomic mass is 16.5. The van der Waals surface area contributed by atoms with Crippen molar-refractivity contribution >= 4 is 17.9 Å². The Labute approximate surface area is 200 Å². The molecule has 0 aliphatic heterocycles. The maximum Gasteiger partial charge on any atom is 0.339 e. The van der Waals surface area contributed by atoms with Crippen LogP contribution in [0.25, 0.3) is 0 Å².